The Kier molecular flexibility index (Phi) is 5.68. The highest BCUT2D eigenvalue weighted by atomic mass is 16.5. The quantitative estimate of drug-likeness (QED) is 0.794. The van der Waals surface area contributed by atoms with Gasteiger partial charge in [0.1, 0.15) is 11.5 Å². The molecular formula is C17H24O2. The van der Waals surface area contributed by atoms with Gasteiger partial charge in [-0.15, -0.1) is 0 Å². The molecule has 0 aliphatic heterocycles. The van der Waals surface area contributed by atoms with Crippen molar-refractivity contribution in [2.75, 3.05) is 7.11 Å². The second-order valence-corrected chi connectivity index (χ2v) is 4.92. The fourth-order valence-corrected chi connectivity index (χ4v) is 1.92. The number of allylic oxidation sites excluding steroid dienone is 4. The highest BCUT2D eigenvalue weighted by Gasteiger charge is 2.11. The number of benzene rings is 1. The van der Waals surface area contributed by atoms with E-state index in [1.54, 1.807) is 7.11 Å². The molecule has 0 fully saturated rings. The monoisotopic (exact) mass is 260 g/mol. The minimum Gasteiger partial charge on any atom is -0.507 e. The minimum atomic E-state index is 0.392. The molecule has 0 heterocycles. The largest absolute Gasteiger partial charge is 0.507 e. The van der Waals surface area contributed by atoms with E-state index in [9.17, 15) is 5.11 Å². The standard InChI is InChI=1S/C17H24O2/c1-6-12(3)8-14-10-16(19-5)11-15(17(14)18)9-13(4)7-2/h6-7,10-11,18H,8-9H2,1-5H3/b12-6+,13-7+. The SMILES string of the molecule is C/C=C(\C)Cc1cc(OC)cc(C/C(C)=C/C)c1O. The van der Waals surface area contributed by atoms with Crippen LogP contribution in [0.1, 0.15) is 38.8 Å². The average molecular weight is 260 g/mol. The van der Waals surface area contributed by atoms with E-state index in [0.717, 1.165) is 29.7 Å². The van der Waals surface area contributed by atoms with E-state index in [0.29, 0.717) is 5.75 Å². The Bertz CT molecular complexity index is 455. The van der Waals surface area contributed by atoms with E-state index >= 15 is 0 Å². The van der Waals surface area contributed by atoms with Crippen LogP contribution in [0.2, 0.25) is 0 Å². The van der Waals surface area contributed by atoms with Crippen molar-refractivity contribution in [1.29, 1.82) is 0 Å². The number of hydrogen-bond acceptors (Lipinski definition) is 2. The summed E-state index contributed by atoms with van der Waals surface area (Å²) >= 11 is 0. The van der Waals surface area contributed by atoms with Gasteiger partial charge in [0, 0.05) is 11.1 Å². The number of methoxy groups -OCH3 is 1. The Morgan fingerprint density at radius 2 is 1.47 bits per heavy atom. The second kappa shape index (κ2) is 7.03. The first-order valence-corrected chi connectivity index (χ1v) is 6.64. The molecule has 1 N–H and O–H groups in total. The number of phenols is 1. The molecule has 0 aromatic heterocycles. The van der Waals surface area contributed by atoms with E-state index in [4.69, 9.17) is 4.74 Å². The Labute approximate surface area is 116 Å². The van der Waals surface area contributed by atoms with Gasteiger partial charge in [-0.25, -0.2) is 0 Å². The Balaban J connectivity index is 3.20. The molecule has 1 aromatic carbocycles. The van der Waals surface area contributed by atoms with Gasteiger partial charge in [-0.3, -0.25) is 0 Å². The van der Waals surface area contributed by atoms with Gasteiger partial charge in [-0.05, 0) is 52.7 Å². The summed E-state index contributed by atoms with van der Waals surface area (Å²) in [6.07, 6.45) is 5.63. The van der Waals surface area contributed by atoms with E-state index in [1.165, 1.54) is 11.1 Å². The summed E-state index contributed by atoms with van der Waals surface area (Å²) in [7, 11) is 1.66. The maximum atomic E-state index is 10.4. The third-order valence-electron chi connectivity index (χ3n) is 3.40. The molecule has 2 nitrogen and oxygen atoms in total. The lowest BCUT2D eigenvalue weighted by atomic mass is 9.97. The summed E-state index contributed by atoms with van der Waals surface area (Å²) in [5.74, 6) is 1.19. The number of ether oxygens (including phenoxy) is 1. The first-order valence-electron chi connectivity index (χ1n) is 6.64. The van der Waals surface area contributed by atoms with Crippen LogP contribution in [-0.4, -0.2) is 12.2 Å². The molecule has 19 heavy (non-hydrogen) atoms. The Morgan fingerprint density at radius 1 is 1.05 bits per heavy atom. The van der Waals surface area contributed by atoms with Gasteiger partial charge in [0.25, 0.3) is 0 Å². The van der Waals surface area contributed by atoms with Crippen molar-refractivity contribution in [3.8, 4) is 11.5 Å². The van der Waals surface area contributed by atoms with E-state index < -0.39 is 0 Å². The van der Waals surface area contributed by atoms with Crippen molar-refractivity contribution < 1.29 is 9.84 Å². The van der Waals surface area contributed by atoms with Crippen LogP contribution in [-0.2, 0) is 12.8 Å². The molecule has 0 saturated carbocycles. The van der Waals surface area contributed by atoms with Gasteiger partial charge in [-0.2, -0.15) is 0 Å². The molecule has 1 aromatic rings. The molecule has 0 saturated heterocycles. The first-order chi connectivity index (χ1) is 9.01. The minimum absolute atomic E-state index is 0.392. The summed E-state index contributed by atoms with van der Waals surface area (Å²) in [6.45, 7) is 8.15. The number of rotatable bonds is 5. The molecule has 1 rings (SSSR count). The van der Waals surface area contributed by atoms with Crippen LogP contribution in [0.25, 0.3) is 0 Å². The zero-order chi connectivity index (χ0) is 14.4. The van der Waals surface area contributed by atoms with Crippen LogP contribution in [0.15, 0.2) is 35.4 Å². The molecule has 0 aliphatic carbocycles. The lowest BCUT2D eigenvalue weighted by molar-refractivity contribution is 0.409. The summed E-state index contributed by atoms with van der Waals surface area (Å²) in [5, 5.41) is 10.4. The van der Waals surface area contributed by atoms with Crippen LogP contribution >= 0.6 is 0 Å². The predicted molar refractivity (Wildman–Crippen MR) is 80.9 cm³/mol. The number of hydrogen-bond donors (Lipinski definition) is 1. The third-order valence-corrected chi connectivity index (χ3v) is 3.40. The molecule has 0 atom stereocenters. The molecule has 0 radical (unpaired) electrons. The maximum absolute atomic E-state index is 10.4. The lowest BCUT2D eigenvalue weighted by Crippen LogP contribution is -1.96. The fourth-order valence-electron chi connectivity index (χ4n) is 1.92. The number of aromatic hydroxyl groups is 1. The molecule has 0 amide bonds. The molecule has 0 bridgehead atoms. The fraction of sp³-hybridized carbons (Fsp3) is 0.412. The van der Waals surface area contributed by atoms with Crippen LogP contribution in [0.5, 0.6) is 11.5 Å². The van der Waals surface area contributed by atoms with Crippen LogP contribution < -0.4 is 4.74 Å². The maximum Gasteiger partial charge on any atom is 0.122 e. The molecule has 104 valence electrons. The normalized spacial score (nSPS) is 12.7. The summed E-state index contributed by atoms with van der Waals surface area (Å²) in [4.78, 5) is 0. The topological polar surface area (TPSA) is 29.5 Å². The van der Waals surface area contributed by atoms with Gasteiger partial charge in [0.05, 0.1) is 7.11 Å². The molecule has 0 aliphatic rings. The van der Waals surface area contributed by atoms with Crippen molar-refractivity contribution in [3.05, 3.63) is 46.6 Å². The number of phenolic OH excluding ortho intramolecular Hbond substituents is 1. The smallest absolute Gasteiger partial charge is 0.122 e. The molecule has 2 heteroatoms. The molecular weight excluding hydrogens is 236 g/mol. The van der Waals surface area contributed by atoms with Gasteiger partial charge in [0.2, 0.25) is 0 Å². The lowest BCUT2D eigenvalue weighted by Gasteiger charge is -2.13. The van der Waals surface area contributed by atoms with E-state index in [-0.39, 0.29) is 0 Å². The zero-order valence-corrected chi connectivity index (χ0v) is 12.6. The van der Waals surface area contributed by atoms with Crippen molar-refractivity contribution in [1.82, 2.24) is 0 Å². The zero-order valence-electron chi connectivity index (χ0n) is 12.6. The Morgan fingerprint density at radius 3 is 1.79 bits per heavy atom. The first kappa shape index (κ1) is 15.4. The molecule has 0 spiro atoms. The van der Waals surface area contributed by atoms with Crippen molar-refractivity contribution in [2.45, 2.75) is 40.5 Å². The van der Waals surface area contributed by atoms with Crippen LogP contribution in [0.3, 0.4) is 0 Å². The van der Waals surface area contributed by atoms with Crippen LogP contribution in [0, 0.1) is 0 Å². The second-order valence-electron chi connectivity index (χ2n) is 4.92. The van der Waals surface area contributed by atoms with Gasteiger partial charge in [0.15, 0.2) is 0 Å². The van der Waals surface area contributed by atoms with Gasteiger partial charge < -0.3 is 9.84 Å². The van der Waals surface area contributed by atoms with E-state index in [1.807, 2.05) is 26.0 Å². The van der Waals surface area contributed by atoms with Gasteiger partial charge >= 0.3 is 0 Å². The third kappa shape index (κ3) is 4.16. The van der Waals surface area contributed by atoms with Gasteiger partial charge in [-0.1, -0.05) is 23.3 Å². The van der Waals surface area contributed by atoms with E-state index in [2.05, 4.69) is 26.0 Å². The highest BCUT2D eigenvalue weighted by molar-refractivity contribution is 5.49. The van der Waals surface area contributed by atoms with Crippen LogP contribution in [0.4, 0.5) is 0 Å². The van der Waals surface area contributed by atoms with Crippen molar-refractivity contribution in [3.63, 3.8) is 0 Å². The van der Waals surface area contributed by atoms with Crippen molar-refractivity contribution >= 4 is 0 Å². The van der Waals surface area contributed by atoms with Crippen molar-refractivity contribution in [2.24, 2.45) is 0 Å². The summed E-state index contributed by atoms with van der Waals surface area (Å²) in [5.41, 5.74) is 4.32. The summed E-state index contributed by atoms with van der Waals surface area (Å²) < 4.78 is 5.33. The average Bonchev–Trinajstić information content (AvgIpc) is 2.42. The Hall–Kier alpha value is -1.70. The molecule has 0 unspecified atom stereocenters. The highest BCUT2D eigenvalue weighted by Crippen LogP contribution is 2.31. The summed E-state index contributed by atoms with van der Waals surface area (Å²) in [6, 6.07) is 3.83. The predicted octanol–water partition coefficient (Wildman–Crippen LogP) is 4.42.